The van der Waals surface area contributed by atoms with Gasteiger partial charge in [0.2, 0.25) is 5.91 Å². The Balaban J connectivity index is 2.60. The van der Waals surface area contributed by atoms with Crippen molar-refractivity contribution in [2.75, 3.05) is 13.2 Å². The van der Waals surface area contributed by atoms with Crippen molar-refractivity contribution >= 4 is 11.9 Å². The summed E-state index contributed by atoms with van der Waals surface area (Å²) >= 11 is 0. The van der Waals surface area contributed by atoms with Crippen molar-refractivity contribution in [2.45, 2.75) is 339 Å². The summed E-state index contributed by atoms with van der Waals surface area (Å²) in [4.78, 5) is 26.6. The van der Waals surface area contributed by atoms with E-state index < -0.39 is 67.4 Å². The first kappa shape index (κ1) is 76.9. The van der Waals surface area contributed by atoms with Crippen LogP contribution in [0.1, 0.15) is 290 Å². The molecule has 0 saturated carbocycles. The van der Waals surface area contributed by atoms with Crippen molar-refractivity contribution in [1.82, 2.24) is 5.32 Å². The summed E-state index contributed by atoms with van der Waals surface area (Å²) in [6.45, 7) is 5.64. The Morgan fingerprint density at radius 1 is 0.488 bits per heavy atom. The number of hydrogen-bond acceptors (Lipinski definition) is 10. The van der Waals surface area contributed by atoms with Crippen LogP contribution in [0.25, 0.3) is 0 Å². The molecule has 1 aliphatic rings. The minimum Gasteiger partial charge on any atom is -0.454 e. The Morgan fingerprint density at radius 2 is 0.878 bits per heavy atom. The quantitative estimate of drug-likeness (QED) is 0.0149. The van der Waals surface area contributed by atoms with Gasteiger partial charge in [-0.3, -0.25) is 9.59 Å². The highest BCUT2D eigenvalue weighted by Crippen LogP contribution is 2.26. The minimum atomic E-state index is -1.62. The van der Waals surface area contributed by atoms with Gasteiger partial charge in [-0.05, 0) is 44.9 Å². The van der Waals surface area contributed by atoms with E-state index in [0.29, 0.717) is 12.8 Å². The van der Waals surface area contributed by atoms with E-state index in [4.69, 9.17) is 14.2 Å². The number of rotatable bonds is 57. The standard InChI is InChI=1S/C71H125NO10/c1-4-7-10-13-16-19-22-25-27-29-30-31-32-33-34-35-36-37-39-41-44-47-50-53-56-59-66(76)82-69-68(78)67(77)65(60-73)81-71(69)80-61-62(63(74)57-54-51-48-45-42-24-21-18-15-12-9-6-3)72-70(79)64(75)58-55-52-49-46-43-40-38-28-26-23-20-17-14-11-8-5-2/h8,11,14,17,20,23,26,28,38,40,43,46,54,57,62-65,67-69,71,73-75,77-78H,4-7,9-10,12-13,15-16,18-19,21-22,24-25,27,29-37,39,41-42,44-45,47-53,55-56,58-61H2,1-3H3,(H,72,79)/b11-8-,17-14+,23-20+,28-26-,40-38+,46-43+,57-54+. The maximum absolute atomic E-state index is 13.4. The maximum Gasteiger partial charge on any atom is 0.306 e. The molecule has 1 saturated heterocycles. The van der Waals surface area contributed by atoms with Crippen LogP contribution >= 0.6 is 0 Å². The lowest BCUT2D eigenvalue weighted by atomic mass is 9.99. The molecule has 1 amide bonds. The Morgan fingerprint density at radius 3 is 1.32 bits per heavy atom. The van der Waals surface area contributed by atoms with E-state index in [9.17, 15) is 35.1 Å². The first-order valence-corrected chi connectivity index (χ1v) is 33.9. The van der Waals surface area contributed by atoms with Crippen LogP contribution < -0.4 is 5.32 Å². The van der Waals surface area contributed by atoms with Gasteiger partial charge in [0.1, 0.15) is 24.4 Å². The molecule has 11 heteroatoms. The summed E-state index contributed by atoms with van der Waals surface area (Å²) in [5.74, 6) is -1.24. The van der Waals surface area contributed by atoms with Crippen molar-refractivity contribution in [2.24, 2.45) is 0 Å². The van der Waals surface area contributed by atoms with Crippen molar-refractivity contribution in [3.8, 4) is 0 Å². The first-order chi connectivity index (χ1) is 40.2. The van der Waals surface area contributed by atoms with Gasteiger partial charge in [-0.1, -0.05) is 324 Å². The van der Waals surface area contributed by atoms with E-state index in [1.165, 1.54) is 180 Å². The summed E-state index contributed by atoms with van der Waals surface area (Å²) in [6.07, 6.45) is 66.4. The molecule has 8 atom stereocenters. The molecule has 1 aliphatic heterocycles. The highest BCUT2D eigenvalue weighted by molar-refractivity contribution is 5.80. The summed E-state index contributed by atoms with van der Waals surface area (Å²) in [5.41, 5.74) is 0. The Hall–Kier alpha value is -3.16. The molecule has 474 valence electrons. The predicted octanol–water partition coefficient (Wildman–Crippen LogP) is 16.9. The third kappa shape index (κ3) is 45.2. The molecule has 1 heterocycles. The van der Waals surface area contributed by atoms with Crippen molar-refractivity contribution in [3.05, 3.63) is 85.1 Å². The van der Waals surface area contributed by atoms with Gasteiger partial charge in [-0.15, -0.1) is 0 Å². The largest absolute Gasteiger partial charge is 0.454 e. The average molecular weight is 1150 g/mol. The van der Waals surface area contributed by atoms with Gasteiger partial charge in [0.25, 0.3) is 0 Å². The fourth-order valence-electron chi connectivity index (χ4n) is 10.4. The molecule has 0 aromatic carbocycles. The zero-order valence-corrected chi connectivity index (χ0v) is 52.6. The van der Waals surface area contributed by atoms with E-state index in [2.05, 4.69) is 32.2 Å². The second kappa shape index (κ2) is 58.2. The lowest BCUT2D eigenvalue weighted by Crippen LogP contribution is -2.61. The number of allylic oxidation sites excluding steroid dienone is 13. The van der Waals surface area contributed by atoms with Crippen molar-refractivity contribution in [1.29, 1.82) is 0 Å². The number of hydrogen-bond donors (Lipinski definition) is 6. The Kier molecular flexibility index (Phi) is 54.6. The molecule has 0 aliphatic carbocycles. The molecular weight excluding hydrogens is 1030 g/mol. The third-order valence-electron chi connectivity index (χ3n) is 15.7. The van der Waals surface area contributed by atoms with Gasteiger partial charge in [0.05, 0.1) is 25.4 Å². The number of carbonyl (C=O) groups is 2. The number of ether oxygens (including phenoxy) is 3. The van der Waals surface area contributed by atoms with E-state index >= 15 is 0 Å². The van der Waals surface area contributed by atoms with Crippen LogP contribution in [0, 0.1) is 0 Å². The number of nitrogens with one attached hydrogen (secondary N) is 1. The predicted molar refractivity (Wildman–Crippen MR) is 342 cm³/mol. The topological polar surface area (TPSA) is 175 Å². The molecule has 8 unspecified atom stereocenters. The average Bonchev–Trinajstić information content (AvgIpc) is 3.68. The number of aliphatic hydroxyl groups excluding tert-OH is 5. The number of unbranched alkanes of at least 4 members (excludes halogenated alkanes) is 36. The third-order valence-corrected chi connectivity index (χ3v) is 15.7. The highest BCUT2D eigenvalue weighted by Gasteiger charge is 2.47. The monoisotopic (exact) mass is 1150 g/mol. The highest BCUT2D eigenvalue weighted by atomic mass is 16.7. The minimum absolute atomic E-state index is 0.118. The van der Waals surface area contributed by atoms with E-state index in [0.717, 1.165) is 64.2 Å². The normalized spacial score (nSPS) is 19.1. The summed E-state index contributed by atoms with van der Waals surface area (Å²) in [7, 11) is 0. The van der Waals surface area contributed by atoms with E-state index in [1.54, 1.807) is 6.08 Å². The second-order valence-electron chi connectivity index (χ2n) is 23.3. The maximum atomic E-state index is 13.4. The van der Waals surface area contributed by atoms with E-state index in [-0.39, 0.29) is 19.4 Å². The fourth-order valence-corrected chi connectivity index (χ4v) is 10.4. The van der Waals surface area contributed by atoms with Crippen LogP contribution in [0.4, 0.5) is 0 Å². The molecule has 1 fully saturated rings. The van der Waals surface area contributed by atoms with Crippen LogP contribution in [-0.2, 0) is 23.8 Å². The Bertz CT molecular complexity index is 1660. The molecule has 1 rings (SSSR count). The fraction of sp³-hybridized carbons (Fsp3) is 0.775. The van der Waals surface area contributed by atoms with E-state index in [1.807, 2.05) is 72.9 Å². The summed E-state index contributed by atoms with van der Waals surface area (Å²) in [6, 6.07) is -1.05. The van der Waals surface area contributed by atoms with Gasteiger partial charge < -0.3 is 45.1 Å². The van der Waals surface area contributed by atoms with Crippen molar-refractivity contribution < 1.29 is 49.3 Å². The number of carbonyl (C=O) groups excluding carboxylic acids is 2. The van der Waals surface area contributed by atoms with Gasteiger partial charge >= 0.3 is 5.97 Å². The molecule has 0 spiro atoms. The van der Waals surface area contributed by atoms with Gasteiger partial charge in [-0.2, -0.15) is 0 Å². The molecular formula is C71H125NO10. The summed E-state index contributed by atoms with van der Waals surface area (Å²) < 4.78 is 17.6. The zero-order chi connectivity index (χ0) is 59.6. The van der Waals surface area contributed by atoms with Gasteiger partial charge in [0, 0.05) is 6.42 Å². The van der Waals surface area contributed by atoms with Crippen LogP contribution in [0.15, 0.2) is 85.1 Å². The Labute approximate surface area is 502 Å². The molecule has 82 heavy (non-hydrogen) atoms. The lowest BCUT2D eigenvalue weighted by molar-refractivity contribution is -0.305. The van der Waals surface area contributed by atoms with Gasteiger partial charge in [-0.25, -0.2) is 0 Å². The number of esters is 1. The van der Waals surface area contributed by atoms with Crippen LogP contribution in [0.5, 0.6) is 0 Å². The lowest BCUT2D eigenvalue weighted by Gasteiger charge is -2.41. The molecule has 11 nitrogen and oxygen atoms in total. The molecule has 0 radical (unpaired) electrons. The van der Waals surface area contributed by atoms with Crippen LogP contribution in [0.3, 0.4) is 0 Å². The zero-order valence-electron chi connectivity index (χ0n) is 52.6. The molecule has 0 aromatic heterocycles. The second-order valence-corrected chi connectivity index (χ2v) is 23.3. The van der Waals surface area contributed by atoms with Gasteiger partial charge in [0.15, 0.2) is 12.4 Å². The number of amides is 1. The molecule has 6 N–H and O–H groups in total. The molecule has 0 aromatic rings. The SMILES string of the molecule is CC\C=C/C=C/C=C/C=C\C=C\C=C\CCCCC(O)C(=O)NC(COC1OC(CO)C(O)C(O)C1OC(=O)CCCCCCCCCCCCCCCCCCCCCCCCCCC)C(O)/C=C/CCCCCCCCCCCC. The van der Waals surface area contributed by atoms with Crippen LogP contribution in [-0.4, -0.2) is 99.6 Å². The van der Waals surface area contributed by atoms with Crippen LogP contribution in [0.2, 0.25) is 0 Å². The van der Waals surface area contributed by atoms with Crippen molar-refractivity contribution in [3.63, 3.8) is 0 Å². The number of aliphatic hydroxyl groups is 5. The first-order valence-electron chi connectivity index (χ1n) is 33.9. The summed E-state index contributed by atoms with van der Waals surface area (Å²) in [5, 5.41) is 57.0. The smallest absolute Gasteiger partial charge is 0.306 e. The molecule has 0 bridgehead atoms.